The summed E-state index contributed by atoms with van der Waals surface area (Å²) in [6.07, 6.45) is 8.22. The van der Waals surface area contributed by atoms with Crippen molar-refractivity contribution < 1.29 is 4.79 Å². The van der Waals surface area contributed by atoms with Crippen LogP contribution in [-0.4, -0.2) is 40.3 Å². The fourth-order valence-electron chi connectivity index (χ4n) is 4.42. The van der Waals surface area contributed by atoms with Crippen LogP contribution in [0.2, 0.25) is 0 Å². The number of nitrogens with zero attached hydrogens (tertiary/aromatic N) is 3. The van der Waals surface area contributed by atoms with Gasteiger partial charge >= 0.3 is 6.03 Å². The van der Waals surface area contributed by atoms with E-state index in [2.05, 4.69) is 56.9 Å². The molecular formula is C22H31N5OS. The largest absolute Gasteiger partial charge is 0.335 e. The number of carbonyl (C=O) groups is 1. The summed E-state index contributed by atoms with van der Waals surface area (Å²) in [5, 5.41) is 16.2. The summed E-state index contributed by atoms with van der Waals surface area (Å²) < 4.78 is 0. The SMILES string of the molecule is Cc1cccc(CN2CCC(NC(=O)Nc3nnc(C4CCCCC4)s3)CC2)c1. The van der Waals surface area contributed by atoms with Crippen molar-refractivity contribution in [2.24, 2.45) is 0 Å². The molecule has 0 atom stereocenters. The quantitative estimate of drug-likeness (QED) is 0.747. The smallest absolute Gasteiger partial charge is 0.321 e. The topological polar surface area (TPSA) is 70.2 Å². The van der Waals surface area contributed by atoms with Gasteiger partial charge in [0, 0.05) is 31.6 Å². The average molecular weight is 414 g/mol. The Hall–Kier alpha value is -1.99. The van der Waals surface area contributed by atoms with Crippen molar-refractivity contribution in [3.8, 4) is 0 Å². The van der Waals surface area contributed by atoms with Gasteiger partial charge in [-0.1, -0.05) is 60.4 Å². The molecule has 2 aliphatic rings. The van der Waals surface area contributed by atoms with Crippen molar-refractivity contribution in [1.29, 1.82) is 0 Å². The molecule has 0 radical (unpaired) electrons. The predicted octanol–water partition coefficient (Wildman–Crippen LogP) is 4.68. The number of aromatic nitrogens is 2. The van der Waals surface area contributed by atoms with Crippen LogP contribution in [0.25, 0.3) is 0 Å². The van der Waals surface area contributed by atoms with Crippen LogP contribution in [0.1, 0.15) is 67.0 Å². The molecule has 7 heteroatoms. The minimum absolute atomic E-state index is 0.159. The van der Waals surface area contributed by atoms with Crippen LogP contribution in [0.5, 0.6) is 0 Å². The first-order valence-corrected chi connectivity index (χ1v) is 11.7. The van der Waals surface area contributed by atoms with Gasteiger partial charge in [0.1, 0.15) is 5.01 Å². The Morgan fingerprint density at radius 2 is 1.93 bits per heavy atom. The van der Waals surface area contributed by atoms with Crippen LogP contribution < -0.4 is 10.6 Å². The Kier molecular flexibility index (Phi) is 6.77. The number of rotatable bonds is 5. The maximum atomic E-state index is 12.4. The monoisotopic (exact) mass is 413 g/mol. The molecule has 0 spiro atoms. The first-order chi connectivity index (χ1) is 14.2. The van der Waals surface area contributed by atoms with E-state index in [0.29, 0.717) is 11.0 Å². The number of piperidine rings is 1. The van der Waals surface area contributed by atoms with Gasteiger partial charge in [-0.2, -0.15) is 0 Å². The highest BCUT2D eigenvalue weighted by Crippen LogP contribution is 2.35. The fraction of sp³-hybridized carbons (Fsp3) is 0.591. The van der Waals surface area contributed by atoms with Crippen LogP contribution in [0.15, 0.2) is 24.3 Å². The molecule has 2 fully saturated rings. The maximum Gasteiger partial charge on any atom is 0.321 e. The third-order valence-electron chi connectivity index (χ3n) is 6.03. The number of likely N-dealkylation sites (tertiary alicyclic amines) is 1. The van der Waals surface area contributed by atoms with Crippen molar-refractivity contribution in [1.82, 2.24) is 20.4 Å². The number of aryl methyl sites for hydroxylation is 1. The second kappa shape index (κ2) is 9.67. The van der Waals surface area contributed by atoms with E-state index in [1.54, 1.807) is 0 Å². The normalized spacial score (nSPS) is 19.2. The Morgan fingerprint density at radius 1 is 1.14 bits per heavy atom. The van der Waals surface area contributed by atoms with Gasteiger partial charge in [-0.15, -0.1) is 10.2 Å². The molecule has 1 aromatic heterocycles. The summed E-state index contributed by atoms with van der Waals surface area (Å²) in [6.45, 7) is 5.12. The van der Waals surface area contributed by atoms with E-state index < -0.39 is 0 Å². The van der Waals surface area contributed by atoms with Crippen molar-refractivity contribution in [3.63, 3.8) is 0 Å². The van der Waals surface area contributed by atoms with Crippen LogP contribution in [-0.2, 0) is 6.54 Å². The number of benzene rings is 1. The maximum absolute atomic E-state index is 12.4. The third-order valence-corrected chi connectivity index (χ3v) is 7.03. The van der Waals surface area contributed by atoms with Crippen molar-refractivity contribution in [2.75, 3.05) is 18.4 Å². The molecule has 1 aromatic carbocycles. The number of amides is 2. The number of hydrogen-bond donors (Lipinski definition) is 2. The van der Waals surface area contributed by atoms with Crippen LogP contribution in [0.4, 0.5) is 9.93 Å². The highest BCUT2D eigenvalue weighted by atomic mass is 32.1. The van der Waals surface area contributed by atoms with Gasteiger partial charge in [-0.25, -0.2) is 4.79 Å². The number of urea groups is 1. The van der Waals surface area contributed by atoms with Crippen LogP contribution in [0.3, 0.4) is 0 Å². The Labute approximate surface area is 177 Å². The van der Waals surface area contributed by atoms with Crippen LogP contribution >= 0.6 is 11.3 Å². The lowest BCUT2D eigenvalue weighted by Crippen LogP contribution is -2.45. The standard InChI is InChI=1S/C22H31N5OS/c1-16-6-5-7-17(14-16)15-27-12-10-19(11-13-27)23-21(28)24-22-26-25-20(29-22)18-8-3-2-4-9-18/h5-7,14,18-19H,2-4,8-13,15H2,1H3,(H2,23,24,26,28). The summed E-state index contributed by atoms with van der Waals surface area (Å²) in [7, 11) is 0. The molecule has 6 nitrogen and oxygen atoms in total. The molecular weight excluding hydrogens is 382 g/mol. The summed E-state index contributed by atoms with van der Waals surface area (Å²) >= 11 is 1.53. The van der Waals surface area contributed by atoms with Gasteiger partial charge in [-0.05, 0) is 38.2 Å². The molecule has 1 saturated heterocycles. The van der Waals surface area contributed by atoms with E-state index in [1.807, 2.05) is 0 Å². The molecule has 29 heavy (non-hydrogen) atoms. The Bertz CT molecular complexity index is 809. The Morgan fingerprint density at radius 3 is 2.69 bits per heavy atom. The van der Waals surface area contributed by atoms with Gasteiger partial charge in [0.05, 0.1) is 0 Å². The third kappa shape index (κ3) is 5.76. The fourth-order valence-corrected chi connectivity index (χ4v) is 5.33. The lowest BCUT2D eigenvalue weighted by molar-refractivity contribution is 0.190. The highest BCUT2D eigenvalue weighted by Gasteiger charge is 2.23. The zero-order valence-corrected chi connectivity index (χ0v) is 18.0. The van der Waals surface area contributed by atoms with Gasteiger partial charge < -0.3 is 5.32 Å². The van der Waals surface area contributed by atoms with Gasteiger partial charge in [0.25, 0.3) is 0 Å². The lowest BCUT2D eigenvalue weighted by atomic mass is 9.90. The first kappa shape index (κ1) is 20.3. The summed E-state index contributed by atoms with van der Waals surface area (Å²) in [5.41, 5.74) is 2.67. The molecule has 1 aliphatic heterocycles. The molecule has 1 aliphatic carbocycles. The lowest BCUT2D eigenvalue weighted by Gasteiger charge is -2.32. The summed E-state index contributed by atoms with van der Waals surface area (Å²) in [4.78, 5) is 14.8. The molecule has 2 N–H and O–H groups in total. The van der Waals surface area contributed by atoms with E-state index in [0.717, 1.165) is 37.5 Å². The van der Waals surface area contributed by atoms with E-state index in [9.17, 15) is 4.79 Å². The average Bonchev–Trinajstić information content (AvgIpc) is 3.18. The molecule has 0 unspecified atom stereocenters. The van der Waals surface area contributed by atoms with Crippen molar-refractivity contribution in [3.05, 3.63) is 40.4 Å². The van der Waals surface area contributed by atoms with Gasteiger partial charge in [0.2, 0.25) is 5.13 Å². The Balaban J connectivity index is 1.20. The molecule has 156 valence electrons. The van der Waals surface area contributed by atoms with Crippen molar-refractivity contribution >= 4 is 22.5 Å². The highest BCUT2D eigenvalue weighted by molar-refractivity contribution is 7.15. The number of nitrogens with one attached hydrogen (secondary N) is 2. The summed E-state index contributed by atoms with van der Waals surface area (Å²) in [5.74, 6) is 0.526. The first-order valence-electron chi connectivity index (χ1n) is 10.8. The number of carbonyl (C=O) groups excluding carboxylic acids is 1. The molecule has 2 amide bonds. The van der Waals surface area contributed by atoms with Crippen molar-refractivity contribution in [2.45, 2.75) is 70.4 Å². The molecule has 4 rings (SSSR count). The second-order valence-corrected chi connectivity index (χ2v) is 9.43. The van der Waals surface area contributed by atoms with E-state index >= 15 is 0 Å². The molecule has 2 heterocycles. The zero-order valence-electron chi connectivity index (χ0n) is 17.2. The zero-order chi connectivity index (χ0) is 20.1. The minimum atomic E-state index is -0.159. The van der Waals surface area contributed by atoms with E-state index in [4.69, 9.17) is 0 Å². The molecule has 1 saturated carbocycles. The van der Waals surface area contributed by atoms with Crippen LogP contribution in [0, 0.1) is 6.92 Å². The molecule has 0 bridgehead atoms. The van der Waals surface area contributed by atoms with Gasteiger partial charge in [0.15, 0.2) is 0 Å². The predicted molar refractivity (Wildman–Crippen MR) is 117 cm³/mol. The van der Waals surface area contributed by atoms with Gasteiger partial charge in [-0.3, -0.25) is 10.2 Å². The number of hydrogen-bond acceptors (Lipinski definition) is 5. The van der Waals surface area contributed by atoms with E-state index in [-0.39, 0.29) is 12.1 Å². The summed E-state index contributed by atoms with van der Waals surface area (Å²) in [6, 6.07) is 8.75. The van der Waals surface area contributed by atoms with E-state index in [1.165, 1.54) is 54.6 Å². The molecule has 2 aromatic rings. The minimum Gasteiger partial charge on any atom is -0.335 e. The second-order valence-electron chi connectivity index (χ2n) is 8.42. The number of anilines is 1.